The highest BCUT2D eigenvalue weighted by Gasteiger charge is 2.28. The fourth-order valence-corrected chi connectivity index (χ4v) is 4.62. The van der Waals surface area contributed by atoms with Crippen LogP contribution in [0.3, 0.4) is 0 Å². The minimum absolute atomic E-state index is 1.14. The predicted molar refractivity (Wildman–Crippen MR) is 74.8 cm³/mol. The van der Waals surface area contributed by atoms with Gasteiger partial charge in [0.1, 0.15) is 8.07 Å². The Balaban J connectivity index is 2.29. The summed E-state index contributed by atoms with van der Waals surface area (Å²) in [7, 11) is -1.44. The SMILES string of the molecule is C[Si](C)(C1=CC=CC=CC=C1)C1=CC=CC1. The van der Waals surface area contributed by atoms with Gasteiger partial charge in [0.15, 0.2) is 0 Å². The fourth-order valence-electron chi connectivity index (χ4n) is 2.08. The van der Waals surface area contributed by atoms with E-state index in [1.807, 2.05) is 0 Å². The van der Waals surface area contributed by atoms with E-state index in [0.29, 0.717) is 0 Å². The first-order valence-electron chi connectivity index (χ1n) is 5.79. The summed E-state index contributed by atoms with van der Waals surface area (Å²) in [5, 5.41) is 3.13. The molecule has 0 aromatic carbocycles. The van der Waals surface area contributed by atoms with Crippen LogP contribution >= 0.6 is 0 Å². The van der Waals surface area contributed by atoms with Crippen LogP contribution in [-0.4, -0.2) is 8.07 Å². The van der Waals surface area contributed by atoms with Crippen LogP contribution in [-0.2, 0) is 0 Å². The number of allylic oxidation sites excluding steroid dienone is 12. The second-order valence-corrected chi connectivity index (χ2v) is 9.17. The molecule has 0 N–H and O–H groups in total. The van der Waals surface area contributed by atoms with Gasteiger partial charge in [0.25, 0.3) is 0 Å². The van der Waals surface area contributed by atoms with E-state index in [0.717, 1.165) is 6.42 Å². The summed E-state index contributed by atoms with van der Waals surface area (Å²) >= 11 is 0. The average Bonchev–Trinajstić information content (AvgIpc) is 2.68. The van der Waals surface area contributed by atoms with Crippen LogP contribution in [0.15, 0.2) is 71.2 Å². The number of hydrogen-bond donors (Lipinski definition) is 0. The minimum Gasteiger partial charge on any atom is -0.0809 e. The van der Waals surface area contributed by atoms with Crippen LogP contribution in [0.2, 0.25) is 13.1 Å². The molecule has 0 bridgehead atoms. The molecule has 1 heteroatoms. The predicted octanol–water partition coefficient (Wildman–Crippen LogP) is 4.27. The third-order valence-electron chi connectivity index (χ3n) is 3.29. The van der Waals surface area contributed by atoms with Crippen molar-refractivity contribution < 1.29 is 0 Å². The number of hydrogen-bond acceptors (Lipinski definition) is 0. The molecule has 0 spiro atoms. The molecule has 2 rings (SSSR count). The van der Waals surface area contributed by atoms with E-state index >= 15 is 0 Å². The highest BCUT2D eigenvalue weighted by molar-refractivity contribution is 6.91. The number of rotatable bonds is 2. The van der Waals surface area contributed by atoms with Gasteiger partial charge in [-0.1, -0.05) is 84.2 Å². The summed E-state index contributed by atoms with van der Waals surface area (Å²) in [6.07, 6.45) is 23.0. The molecule has 0 aliphatic heterocycles. The molecule has 0 nitrogen and oxygen atoms in total. The quantitative estimate of drug-likeness (QED) is 0.617. The summed E-state index contributed by atoms with van der Waals surface area (Å²) in [6, 6.07) is 0. The van der Waals surface area contributed by atoms with Gasteiger partial charge in [0.2, 0.25) is 0 Å². The van der Waals surface area contributed by atoms with Gasteiger partial charge in [0, 0.05) is 0 Å². The van der Waals surface area contributed by atoms with Gasteiger partial charge in [-0.3, -0.25) is 0 Å². The lowest BCUT2D eigenvalue weighted by Gasteiger charge is -2.26. The van der Waals surface area contributed by atoms with Crippen molar-refractivity contribution in [2.24, 2.45) is 0 Å². The lowest BCUT2D eigenvalue weighted by Crippen LogP contribution is -2.31. The Bertz CT molecular complexity index is 440. The molecule has 0 heterocycles. The van der Waals surface area contributed by atoms with E-state index in [2.05, 4.69) is 73.9 Å². The molecule has 0 aromatic heterocycles. The first kappa shape index (κ1) is 11.2. The van der Waals surface area contributed by atoms with E-state index in [-0.39, 0.29) is 0 Å². The topological polar surface area (TPSA) is 0 Å². The minimum atomic E-state index is -1.44. The highest BCUT2D eigenvalue weighted by atomic mass is 28.3. The molecule has 2 aliphatic rings. The first-order chi connectivity index (χ1) is 7.71. The largest absolute Gasteiger partial charge is 0.107 e. The van der Waals surface area contributed by atoms with Gasteiger partial charge in [-0.05, 0) is 6.42 Å². The second kappa shape index (κ2) is 4.66. The zero-order valence-corrected chi connectivity index (χ0v) is 11.0. The van der Waals surface area contributed by atoms with Crippen molar-refractivity contribution in [3.8, 4) is 0 Å². The summed E-state index contributed by atoms with van der Waals surface area (Å²) in [5.41, 5.74) is 0. The zero-order valence-electron chi connectivity index (χ0n) is 9.98. The van der Waals surface area contributed by atoms with Crippen molar-refractivity contribution in [2.45, 2.75) is 19.5 Å². The van der Waals surface area contributed by atoms with E-state index in [9.17, 15) is 0 Å². The van der Waals surface area contributed by atoms with Crippen LogP contribution < -0.4 is 0 Å². The van der Waals surface area contributed by atoms with Crippen molar-refractivity contribution >= 4 is 8.07 Å². The van der Waals surface area contributed by atoms with Crippen LogP contribution in [0, 0.1) is 0 Å². The molecule has 0 saturated carbocycles. The molecule has 2 aliphatic carbocycles. The Labute approximate surface area is 99.1 Å². The smallest absolute Gasteiger partial charge is 0.0809 e. The third-order valence-corrected chi connectivity index (χ3v) is 7.04. The Hall–Kier alpha value is -1.34. The lowest BCUT2D eigenvalue weighted by atomic mass is 10.3. The van der Waals surface area contributed by atoms with Crippen molar-refractivity contribution in [3.63, 3.8) is 0 Å². The Kier molecular flexibility index (Phi) is 3.25. The van der Waals surface area contributed by atoms with Crippen molar-refractivity contribution in [1.82, 2.24) is 0 Å². The molecule has 0 amide bonds. The molecule has 0 unspecified atom stereocenters. The van der Waals surface area contributed by atoms with Gasteiger partial charge >= 0.3 is 0 Å². The molecule has 82 valence electrons. The Morgan fingerprint density at radius 1 is 0.875 bits per heavy atom. The van der Waals surface area contributed by atoms with E-state index < -0.39 is 8.07 Å². The van der Waals surface area contributed by atoms with Crippen LogP contribution in [0.1, 0.15) is 6.42 Å². The summed E-state index contributed by atoms with van der Waals surface area (Å²) in [5.74, 6) is 0. The fraction of sp³-hybridized carbons (Fsp3) is 0.200. The molecule has 0 radical (unpaired) electrons. The van der Waals surface area contributed by atoms with Gasteiger partial charge in [-0.15, -0.1) is 0 Å². The molecule has 0 fully saturated rings. The standard InChI is InChI=1S/C15H18Si/c1-16(2,15-12-8-9-13-15)14-10-6-4-3-5-7-11-14/h3-12H,13H2,1-2H3. The molecule has 0 saturated heterocycles. The van der Waals surface area contributed by atoms with E-state index in [1.54, 1.807) is 5.20 Å². The van der Waals surface area contributed by atoms with Crippen molar-refractivity contribution in [2.75, 3.05) is 0 Å². The van der Waals surface area contributed by atoms with Crippen LogP contribution in [0.5, 0.6) is 0 Å². The maximum Gasteiger partial charge on any atom is 0.107 e. The maximum atomic E-state index is 2.43. The van der Waals surface area contributed by atoms with Crippen LogP contribution in [0.25, 0.3) is 0 Å². The monoisotopic (exact) mass is 226 g/mol. The van der Waals surface area contributed by atoms with Gasteiger partial charge in [0.05, 0.1) is 0 Å². The molecule has 0 atom stereocenters. The Morgan fingerprint density at radius 2 is 1.62 bits per heavy atom. The van der Waals surface area contributed by atoms with Crippen molar-refractivity contribution in [3.05, 3.63) is 71.2 Å². The normalized spacial score (nSPS) is 19.4. The molecule has 16 heavy (non-hydrogen) atoms. The van der Waals surface area contributed by atoms with Crippen molar-refractivity contribution in [1.29, 1.82) is 0 Å². The highest BCUT2D eigenvalue weighted by Crippen LogP contribution is 2.30. The van der Waals surface area contributed by atoms with Gasteiger partial charge in [-0.2, -0.15) is 0 Å². The Morgan fingerprint density at radius 3 is 2.38 bits per heavy atom. The van der Waals surface area contributed by atoms with Gasteiger partial charge < -0.3 is 0 Å². The third kappa shape index (κ3) is 2.25. The van der Waals surface area contributed by atoms with E-state index in [4.69, 9.17) is 0 Å². The van der Waals surface area contributed by atoms with Crippen LogP contribution in [0.4, 0.5) is 0 Å². The average molecular weight is 226 g/mol. The molecular formula is C15H18Si. The second-order valence-electron chi connectivity index (χ2n) is 4.70. The summed E-state index contributed by atoms with van der Waals surface area (Å²) in [6.45, 7) is 4.86. The first-order valence-corrected chi connectivity index (χ1v) is 8.79. The summed E-state index contributed by atoms with van der Waals surface area (Å²) < 4.78 is 0. The molecular weight excluding hydrogens is 208 g/mol. The van der Waals surface area contributed by atoms with E-state index in [1.165, 1.54) is 5.20 Å². The zero-order chi connectivity index (χ0) is 11.4. The summed E-state index contributed by atoms with van der Waals surface area (Å²) in [4.78, 5) is 0. The van der Waals surface area contributed by atoms with Gasteiger partial charge in [-0.25, -0.2) is 0 Å². The maximum absolute atomic E-state index is 2.43. The molecule has 0 aromatic rings. The lowest BCUT2D eigenvalue weighted by molar-refractivity contribution is 1.35.